The minimum Gasteiger partial charge on any atom is -0.334 e. The molecule has 2 aromatic rings. The number of nitrogens with two attached hydrogens (primary N) is 1. The molecule has 124 valence electrons. The number of para-hydroxylation sites is 1. The molecule has 3 N–H and O–H groups in total. The molecule has 7 nitrogen and oxygen atoms in total. The summed E-state index contributed by atoms with van der Waals surface area (Å²) in [5, 5.41) is 3.97. The maximum atomic E-state index is 12.0. The number of hydrogen-bond acceptors (Lipinski definition) is 6. The molecule has 3 rings (SSSR count). The molecular formula is C15H20N4O3S. The van der Waals surface area contributed by atoms with Crippen molar-refractivity contribution in [3.63, 3.8) is 0 Å². The Kier molecular flexibility index (Phi) is 4.11. The smallest absolute Gasteiger partial charge is 0.260 e. The molecule has 1 aliphatic carbocycles. The van der Waals surface area contributed by atoms with E-state index < -0.39 is 15.6 Å². The average Bonchev–Trinajstić information content (AvgIpc) is 2.94. The van der Waals surface area contributed by atoms with Crippen molar-refractivity contribution in [2.75, 3.05) is 10.5 Å². The highest BCUT2D eigenvalue weighted by Gasteiger charge is 2.39. The molecule has 1 saturated carbocycles. The van der Waals surface area contributed by atoms with E-state index in [2.05, 4.69) is 14.9 Å². The summed E-state index contributed by atoms with van der Waals surface area (Å²) in [6.45, 7) is 1.81. The third-order valence-corrected chi connectivity index (χ3v) is 5.49. The zero-order valence-corrected chi connectivity index (χ0v) is 13.8. The van der Waals surface area contributed by atoms with Gasteiger partial charge in [-0.2, -0.15) is 4.98 Å². The molecule has 1 heterocycles. The van der Waals surface area contributed by atoms with Gasteiger partial charge in [-0.05, 0) is 37.8 Å². The fourth-order valence-electron chi connectivity index (χ4n) is 2.56. The second kappa shape index (κ2) is 5.93. The number of benzene rings is 1. The van der Waals surface area contributed by atoms with Crippen LogP contribution in [0.2, 0.25) is 0 Å². The first-order chi connectivity index (χ1) is 10.9. The Balaban J connectivity index is 1.92. The molecule has 8 heteroatoms. The van der Waals surface area contributed by atoms with Crippen LogP contribution < -0.4 is 10.5 Å². The van der Waals surface area contributed by atoms with Crippen LogP contribution in [-0.2, 0) is 15.6 Å². The Hall–Kier alpha value is -1.93. The topological polar surface area (TPSA) is 111 Å². The van der Waals surface area contributed by atoms with Crippen LogP contribution >= 0.6 is 0 Å². The first-order valence-corrected chi connectivity index (χ1v) is 9.32. The summed E-state index contributed by atoms with van der Waals surface area (Å²) in [6.07, 6.45) is 3.25. The van der Waals surface area contributed by atoms with E-state index in [4.69, 9.17) is 10.3 Å². The van der Waals surface area contributed by atoms with Crippen LogP contribution in [0.1, 0.15) is 38.4 Å². The molecule has 1 aliphatic rings. The summed E-state index contributed by atoms with van der Waals surface area (Å²) in [7, 11) is -3.39. The van der Waals surface area contributed by atoms with Crippen LogP contribution in [0.4, 0.5) is 5.69 Å². The maximum absolute atomic E-state index is 12.0. The quantitative estimate of drug-likeness (QED) is 0.836. The monoisotopic (exact) mass is 336 g/mol. The average molecular weight is 336 g/mol. The van der Waals surface area contributed by atoms with Crippen LogP contribution in [0.15, 0.2) is 28.8 Å². The Morgan fingerprint density at radius 2 is 2.09 bits per heavy atom. The molecule has 0 saturated heterocycles. The molecule has 1 fully saturated rings. The van der Waals surface area contributed by atoms with Crippen LogP contribution in [0.5, 0.6) is 0 Å². The van der Waals surface area contributed by atoms with Gasteiger partial charge in [0.2, 0.25) is 10.0 Å². The minimum atomic E-state index is -3.39. The number of hydrogen-bond donors (Lipinski definition) is 2. The van der Waals surface area contributed by atoms with Gasteiger partial charge in [0.05, 0.1) is 22.5 Å². The van der Waals surface area contributed by atoms with Gasteiger partial charge in [-0.25, -0.2) is 8.42 Å². The molecule has 0 bridgehead atoms. The van der Waals surface area contributed by atoms with Crippen molar-refractivity contribution in [1.82, 2.24) is 10.1 Å². The number of nitrogens with zero attached hydrogens (tertiary/aromatic N) is 2. The molecular weight excluding hydrogens is 316 g/mol. The van der Waals surface area contributed by atoms with E-state index in [9.17, 15) is 8.42 Å². The van der Waals surface area contributed by atoms with Gasteiger partial charge in [0.1, 0.15) is 0 Å². The minimum absolute atomic E-state index is 0.0579. The summed E-state index contributed by atoms with van der Waals surface area (Å²) in [5.41, 5.74) is 6.66. The first-order valence-electron chi connectivity index (χ1n) is 7.66. The third-order valence-electron chi connectivity index (χ3n) is 4.01. The van der Waals surface area contributed by atoms with Gasteiger partial charge < -0.3 is 10.3 Å². The predicted molar refractivity (Wildman–Crippen MR) is 87.2 cm³/mol. The Bertz CT molecular complexity index is 797. The first kappa shape index (κ1) is 15.9. The predicted octanol–water partition coefficient (Wildman–Crippen LogP) is 2.23. The fraction of sp³-hybridized carbons (Fsp3) is 0.467. The van der Waals surface area contributed by atoms with Crippen LogP contribution in [0.3, 0.4) is 0 Å². The summed E-state index contributed by atoms with van der Waals surface area (Å²) in [4.78, 5) is 4.37. The SMILES string of the molecule is CCCS(=O)(=O)Nc1ccccc1-c1nc(C2(N)CCC2)no1. The van der Waals surface area contributed by atoms with Crippen molar-refractivity contribution in [3.8, 4) is 11.5 Å². The van der Waals surface area contributed by atoms with Crippen molar-refractivity contribution in [2.24, 2.45) is 5.73 Å². The van der Waals surface area contributed by atoms with Crippen LogP contribution in [0, 0.1) is 0 Å². The Morgan fingerprint density at radius 1 is 1.35 bits per heavy atom. The number of aromatic nitrogens is 2. The zero-order valence-electron chi connectivity index (χ0n) is 12.9. The highest BCUT2D eigenvalue weighted by Crippen LogP contribution is 2.38. The summed E-state index contributed by atoms with van der Waals surface area (Å²) < 4.78 is 31.9. The molecule has 0 radical (unpaired) electrons. The lowest BCUT2D eigenvalue weighted by Crippen LogP contribution is -2.44. The van der Waals surface area contributed by atoms with Gasteiger partial charge in [0, 0.05) is 0 Å². The molecule has 0 aliphatic heterocycles. The molecule has 1 aromatic heterocycles. The molecule has 1 aromatic carbocycles. The number of anilines is 1. The van der Waals surface area contributed by atoms with Gasteiger partial charge in [-0.3, -0.25) is 4.72 Å². The van der Waals surface area contributed by atoms with Crippen molar-refractivity contribution in [3.05, 3.63) is 30.1 Å². The van der Waals surface area contributed by atoms with Gasteiger partial charge in [0.15, 0.2) is 5.82 Å². The van der Waals surface area contributed by atoms with Gasteiger partial charge in [-0.15, -0.1) is 0 Å². The number of nitrogens with one attached hydrogen (secondary N) is 1. The fourth-order valence-corrected chi connectivity index (χ4v) is 3.71. The highest BCUT2D eigenvalue weighted by atomic mass is 32.2. The standard InChI is InChI=1S/C15H20N4O3S/c1-2-10-23(20,21)19-12-7-4-3-6-11(12)13-17-14(18-22-13)15(16)8-5-9-15/h3-4,6-7,19H,2,5,8-10,16H2,1H3. The second-order valence-corrected chi connectivity index (χ2v) is 7.74. The van der Waals surface area contributed by atoms with E-state index in [0.29, 0.717) is 23.5 Å². The molecule has 0 amide bonds. The van der Waals surface area contributed by atoms with Gasteiger partial charge in [0.25, 0.3) is 5.89 Å². The lowest BCUT2D eigenvalue weighted by molar-refractivity contribution is 0.229. The summed E-state index contributed by atoms with van der Waals surface area (Å²) in [5.74, 6) is 0.805. The maximum Gasteiger partial charge on any atom is 0.260 e. The van der Waals surface area contributed by atoms with Gasteiger partial charge in [-0.1, -0.05) is 24.2 Å². The lowest BCUT2D eigenvalue weighted by Gasteiger charge is -2.34. The number of rotatable bonds is 6. The summed E-state index contributed by atoms with van der Waals surface area (Å²) in [6, 6.07) is 6.96. The van der Waals surface area contributed by atoms with E-state index in [1.807, 2.05) is 6.92 Å². The molecule has 0 atom stereocenters. The van der Waals surface area contributed by atoms with Crippen molar-refractivity contribution < 1.29 is 12.9 Å². The third kappa shape index (κ3) is 3.23. The van der Waals surface area contributed by atoms with Crippen LogP contribution in [0.25, 0.3) is 11.5 Å². The normalized spacial score (nSPS) is 16.8. The molecule has 0 unspecified atom stereocenters. The zero-order chi connectivity index (χ0) is 16.5. The van der Waals surface area contributed by atoms with E-state index in [-0.39, 0.29) is 11.6 Å². The van der Waals surface area contributed by atoms with Crippen LogP contribution in [-0.4, -0.2) is 24.3 Å². The molecule has 23 heavy (non-hydrogen) atoms. The van der Waals surface area contributed by atoms with E-state index in [1.165, 1.54) is 0 Å². The van der Waals surface area contributed by atoms with Crippen molar-refractivity contribution in [2.45, 2.75) is 38.1 Å². The van der Waals surface area contributed by atoms with Crippen molar-refractivity contribution >= 4 is 15.7 Å². The largest absolute Gasteiger partial charge is 0.334 e. The summed E-state index contributed by atoms with van der Waals surface area (Å²) >= 11 is 0. The van der Waals surface area contributed by atoms with Gasteiger partial charge >= 0.3 is 0 Å². The van der Waals surface area contributed by atoms with Crippen molar-refractivity contribution in [1.29, 1.82) is 0 Å². The molecule has 0 spiro atoms. The van der Waals surface area contributed by atoms with E-state index in [1.54, 1.807) is 24.3 Å². The Labute approximate surface area is 135 Å². The lowest BCUT2D eigenvalue weighted by atomic mass is 9.77. The Morgan fingerprint density at radius 3 is 2.74 bits per heavy atom. The van der Waals surface area contributed by atoms with E-state index >= 15 is 0 Å². The second-order valence-electron chi connectivity index (χ2n) is 5.90. The van der Waals surface area contributed by atoms with E-state index in [0.717, 1.165) is 19.3 Å². The highest BCUT2D eigenvalue weighted by molar-refractivity contribution is 7.92. The number of sulfonamides is 1.